The normalized spacial score (nSPS) is 53.3. The summed E-state index contributed by atoms with van der Waals surface area (Å²) in [7, 11) is 1.63. The Labute approximate surface area is 179 Å². The lowest BCUT2D eigenvalue weighted by Gasteiger charge is -2.49. The zero-order valence-corrected chi connectivity index (χ0v) is 18.6. The van der Waals surface area contributed by atoms with Crippen molar-refractivity contribution < 1.29 is 29.5 Å². The van der Waals surface area contributed by atoms with E-state index in [-0.39, 0.29) is 41.8 Å². The van der Waals surface area contributed by atoms with Gasteiger partial charge in [-0.3, -0.25) is 0 Å². The maximum atomic E-state index is 11.2. The number of aliphatic hydroxyl groups is 3. The Hall–Kier alpha value is -1.18. The van der Waals surface area contributed by atoms with Crippen LogP contribution in [0.25, 0.3) is 0 Å². The van der Waals surface area contributed by atoms with Crippen LogP contribution in [0.5, 0.6) is 0 Å². The highest BCUT2D eigenvalue weighted by Gasteiger charge is 2.67. The molecule has 0 aromatic rings. The Morgan fingerprint density at radius 2 is 1.93 bits per heavy atom. The van der Waals surface area contributed by atoms with Gasteiger partial charge in [-0.2, -0.15) is 0 Å². The minimum absolute atomic E-state index is 0.0305. The minimum Gasteiger partial charge on any atom is -0.489 e. The molecular formula is C24H36O6. The van der Waals surface area contributed by atoms with E-state index >= 15 is 0 Å². The molecule has 1 saturated carbocycles. The van der Waals surface area contributed by atoms with Crippen molar-refractivity contribution in [3.05, 3.63) is 36.1 Å². The van der Waals surface area contributed by atoms with Gasteiger partial charge >= 0.3 is 0 Å². The summed E-state index contributed by atoms with van der Waals surface area (Å²) in [4.78, 5) is 0. The Balaban J connectivity index is 1.86. The average Bonchev–Trinajstić information content (AvgIpc) is 2.91. The van der Waals surface area contributed by atoms with E-state index in [2.05, 4.69) is 24.8 Å². The monoisotopic (exact) mass is 420 g/mol. The third-order valence-electron chi connectivity index (χ3n) is 8.04. The molecule has 0 aromatic carbocycles. The van der Waals surface area contributed by atoms with Gasteiger partial charge in [0.2, 0.25) is 0 Å². The summed E-state index contributed by atoms with van der Waals surface area (Å²) >= 11 is 0. The lowest BCUT2D eigenvalue weighted by atomic mass is 9.57. The number of methoxy groups -OCH3 is 1. The number of rotatable bonds is 2. The van der Waals surface area contributed by atoms with Gasteiger partial charge in [-0.05, 0) is 25.8 Å². The number of hydrogen-bond acceptors (Lipinski definition) is 6. The van der Waals surface area contributed by atoms with Gasteiger partial charge in [0.05, 0.1) is 24.4 Å². The Bertz CT molecular complexity index is 744. The molecule has 12 atom stereocenters. The first kappa shape index (κ1) is 22.0. The molecule has 168 valence electrons. The smallest absolute Gasteiger partial charge is 0.130 e. The fraction of sp³-hybridized carbons (Fsp3) is 0.750. The highest BCUT2D eigenvalue weighted by atomic mass is 16.5. The summed E-state index contributed by atoms with van der Waals surface area (Å²) < 4.78 is 18.6. The molecule has 2 fully saturated rings. The molecule has 4 bridgehead atoms. The molecule has 3 N–H and O–H groups in total. The van der Waals surface area contributed by atoms with Gasteiger partial charge in [-0.1, -0.05) is 38.7 Å². The third kappa shape index (κ3) is 3.03. The average molecular weight is 421 g/mol. The summed E-state index contributed by atoms with van der Waals surface area (Å²) in [5, 5.41) is 32.5. The molecule has 1 spiro atoms. The minimum atomic E-state index is -0.735. The van der Waals surface area contributed by atoms with Crippen LogP contribution >= 0.6 is 0 Å². The van der Waals surface area contributed by atoms with Gasteiger partial charge in [-0.15, -0.1) is 0 Å². The van der Waals surface area contributed by atoms with E-state index in [1.807, 2.05) is 20.8 Å². The van der Waals surface area contributed by atoms with Crippen LogP contribution in [0, 0.1) is 29.6 Å². The molecule has 0 radical (unpaired) electrons. The van der Waals surface area contributed by atoms with Crippen LogP contribution in [0.1, 0.15) is 34.1 Å². The summed E-state index contributed by atoms with van der Waals surface area (Å²) in [6, 6.07) is 0. The van der Waals surface area contributed by atoms with Crippen molar-refractivity contribution in [2.75, 3.05) is 7.11 Å². The summed E-state index contributed by atoms with van der Waals surface area (Å²) in [6.45, 7) is 11.8. The molecule has 0 aromatic heterocycles. The van der Waals surface area contributed by atoms with Crippen molar-refractivity contribution in [1.82, 2.24) is 0 Å². The number of aliphatic hydroxyl groups excluding tert-OH is 3. The first-order valence-corrected chi connectivity index (χ1v) is 11.1. The lowest BCUT2D eigenvalue weighted by Crippen LogP contribution is -2.56. The standard InChI is InChI=1S/C24H36O6/c1-11-9-12(2)24-16(10-18(28-6)15(5)29-22(11)14(4)25)7-8-17-19(24)20(26)13(3)21(27)23(17)30-24/h7-9,11,13-14,16-23,25-27H,5,10H2,1-4,6H3/b12-9+/t11-,13-,14?,16-,17?,18-,19?,20-,21-,22?,23-,24+/m1/s1. The van der Waals surface area contributed by atoms with Crippen molar-refractivity contribution in [2.45, 2.75) is 76.3 Å². The van der Waals surface area contributed by atoms with Crippen molar-refractivity contribution in [3.63, 3.8) is 0 Å². The van der Waals surface area contributed by atoms with Gasteiger partial charge in [0, 0.05) is 36.7 Å². The Morgan fingerprint density at radius 1 is 1.23 bits per heavy atom. The van der Waals surface area contributed by atoms with Gasteiger partial charge in [0.1, 0.15) is 23.6 Å². The summed E-state index contributed by atoms with van der Waals surface area (Å²) in [6.07, 6.45) is 3.67. The van der Waals surface area contributed by atoms with Crippen molar-refractivity contribution in [1.29, 1.82) is 0 Å². The summed E-state index contributed by atoms with van der Waals surface area (Å²) in [5.41, 5.74) is 0.278. The maximum Gasteiger partial charge on any atom is 0.130 e. The van der Waals surface area contributed by atoms with E-state index in [1.54, 1.807) is 14.0 Å². The molecule has 4 rings (SSSR count). The fourth-order valence-corrected chi connectivity index (χ4v) is 6.46. The summed E-state index contributed by atoms with van der Waals surface area (Å²) in [5.74, 6) is -0.116. The van der Waals surface area contributed by atoms with Crippen LogP contribution in [0.15, 0.2) is 36.1 Å². The van der Waals surface area contributed by atoms with Crippen LogP contribution in [-0.2, 0) is 14.2 Å². The lowest BCUT2D eigenvalue weighted by molar-refractivity contribution is -0.103. The van der Waals surface area contributed by atoms with E-state index in [0.717, 1.165) is 5.57 Å². The van der Waals surface area contributed by atoms with Crippen molar-refractivity contribution >= 4 is 0 Å². The predicted octanol–water partition coefficient (Wildman–Crippen LogP) is 2.19. The second-order valence-electron chi connectivity index (χ2n) is 9.77. The molecule has 6 nitrogen and oxygen atoms in total. The van der Waals surface area contributed by atoms with E-state index in [4.69, 9.17) is 14.2 Å². The van der Waals surface area contributed by atoms with E-state index in [1.165, 1.54) is 0 Å². The first-order valence-electron chi connectivity index (χ1n) is 11.1. The van der Waals surface area contributed by atoms with Crippen LogP contribution < -0.4 is 0 Å². The van der Waals surface area contributed by atoms with Gasteiger partial charge < -0.3 is 29.5 Å². The van der Waals surface area contributed by atoms with E-state index in [0.29, 0.717) is 12.2 Å². The molecule has 1 saturated heterocycles. The second kappa shape index (κ2) is 7.75. The maximum absolute atomic E-state index is 11.2. The number of ether oxygens (including phenoxy) is 3. The molecule has 2 aliphatic heterocycles. The molecule has 30 heavy (non-hydrogen) atoms. The van der Waals surface area contributed by atoms with Crippen molar-refractivity contribution in [2.24, 2.45) is 29.6 Å². The zero-order chi connectivity index (χ0) is 22.0. The molecular weight excluding hydrogens is 384 g/mol. The van der Waals surface area contributed by atoms with Gasteiger partial charge in [0.15, 0.2) is 0 Å². The van der Waals surface area contributed by atoms with Crippen molar-refractivity contribution in [3.8, 4) is 0 Å². The second-order valence-corrected chi connectivity index (χ2v) is 9.77. The van der Waals surface area contributed by atoms with Crippen LogP contribution in [-0.4, -0.2) is 64.7 Å². The topological polar surface area (TPSA) is 88.4 Å². The molecule has 4 unspecified atom stereocenters. The SMILES string of the molecule is C=C1OC(C(C)O)[C@H](C)/C=C(\C)[C@]23O[C@@H]4C(C=C[C@@H]2C[C@H]1OC)C3[C@H](O)[C@@H](C)[C@H]4O. The zero-order valence-electron chi connectivity index (χ0n) is 18.6. The first-order chi connectivity index (χ1) is 14.1. The Kier molecular flexibility index (Phi) is 5.69. The predicted molar refractivity (Wildman–Crippen MR) is 112 cm³/mol. The van der Waals surface area contributed by atoms with E-state index in [9.17, 15) is 15.3 Å². The van der Waals surface area contributed by atoms with Crippen LogP contribution in [0.3, 0.4) is 0 Å². The Morgan fingerprint density at radius 3 is 2.57 bits per heavy atom. The molecule has 6 heteroatoms. The largest absolute Gasteiger partial charge is 0.489 e. The number of hydrogen-bond donors (Lipinski definition) is 3. The third-order valence-corrected chi connectivity index (χ3v) is 8.04. The van der Waals surface area contributed by atoms with E-state index < -0.39 is 30.0 Å². The van der Waals surface area contributed by atoms with Gasteiger partial charge in [-0.25, -0.2) is 0 Å². The van der Waals surface area contributed by atoms with Crippen LogP contribution in [0.4, 0.5) is 0 Å². The highest BCUT2D eigenvalue weighted by Crippen LogP contribution is 2.60. The fourth-order valence-electron chi connectivity index (χ4n) is 6.46. The van der Waals surface area contributed by atoms with Gasteiger partial charge in [0.25, 0.3) is 0 Å². The molecule has 0 amide bonds. The molecule has 4 aliphatic rings. The van der Waals surface area contributed by atoms with Crippen LogP contribution in [0.2, 0.25) is 0 Å². The quantitative estimate of drug-likeness (QED) is 0.594. The highest BCUT2D eigenvalue weighted by molar-refractivity contribution is 5.35. The molecule has 2 heterocycles. The molecule has 2 aliphatic carbocycles.